The molecule has 1 aliphatic heterocycles. The van der Waals surface area contributed by atoms with Crippen molar-refractivity contribution in [2.24, 2.45) is 5.73 Å². The van der Waals surface area contributed by atoms with Crippen LogP contribution in [-0.4, -0.2) is 41.9 Å². The lowest BCUT2D eigenvalue weighted by atomic mass is 10.0. The van der Waals surface area contributed by atoms with Crippen molar-refractivity contribution >= 4 is 11.8 Å². The van der Waals surface area contributed by atoms with Crippen molar-refractivity contribution in [1.29, 1.82) is 0 Å². The van der Waals surface area contributed by atoms with Crippen LogP contribution < -0.4 is 11.1 Å². The van der Waals surface area contributed by atoms with Crippen LogP contribution in [0.3, 0.4) is 0 Å². The van der Waals surface area contributed by atoms with Gasteiger partial charge in [-0.25, -0.2) is 0 Å². The molecule has 0 aromatic carbocycles. The molecule has 1 aliphatic rings. The van der Waals surface area contributed by atoms with Crippen molar-refractivity contribution in [3.63, 3.8) is 0 Å². The Morgan fingerprint density at radius 1 is 1.45 bits per heavy atom. The normalized spacial score (nSPS) is 18.7. The van der Waals surface area contributed by atoms with Gasteiger partial charge in [0.15, 0.2) is 5.76 Å². The average Bonchev–Trinajstić information content (AvgIpc) is 2.85. The maximum absolute atomic E-state index is 12.0. The quantitative estimate of drug-likeness (QED) is 0.847. The number of hydrogen-bond donors (Lipinski definition) is 2. The van der Waals surface area contributed by atoms with Gasteiger partial charge < -0.3 is 15.5 Å². The number of furan rings is 1. The van der Waals surface area contributed by atoms with Gasteiger partial charge in [-0.15, -0.1) is 0 Å². The first-order valence-electron chi connectivity index (χ1n) is 6.87. The van der Waals surface area contributed by atoms with Crippen molar-refractivity contribution in [2.45, 2.75) is 38.8 Å². The SMILES string of the molecule is Cc1ccoc1C(=O)NC1CCN([C@H](C)C(N)=O)CC1. The molecule has 1 aromatic rings. The van der Waals surface area contributed by atoms with E-state index in [4.69, 9.17) is 10.2 Å². The molecule has 20 heavy (non-hydrogen) atoms. The van der Waals surface area contributed by atoms with Crippen LogP contribution in [0.5, 0.6) is 0 Å². The van der Waals surface area contributed by atoms with Crippen LogP contribution in [0.15, 0.2) is 16.7 Å². The van der Waals surface area contributed by atoms with Gasteiger partial charge in [-0.05, 0) is 32.8 Å². The molecule has 0 saturated carbocycles. The predicted octanol–water partition coefficient (Wildman–Crippen LogP) is 0.656. The lowest BCUT2D eigenvalue weighted by Crippen LogP contribution is -2.50. The van der Waals surface area contributed by atoms with Crippen LogP contribution in [-0.2, 0) is 4.79 Å². The zero-order chi connectivity index (χ0) is 14.7. The van der Waals surface area contributed by atoms with E-state index in [1.807, 2.05) is 18.7 Å². The number of nitrogens with zero attached hydrogens (tertiary/aromatic N) is 1. The van der Waals surface area contributed by atoms with Crippen LogP contribution in [0.1, 0.15) is 35.9 Å². The van der Waals surface area contributed by atoms with E-state index < -0.39 is 0 Å². The third-order valence-electron chi connectivity index (χ3n) is 3.89. The fourth-order valence-electron chi connectivity index (χ4n) is 2.47. The number of carbonyl (C=O) groups is 2. The van der Waals surface area contributed by atoms with E-state index in [-0.39, 0.29) is 23.9 Å². The summed E-state index contributed by atoms with van der Waals surface area (Å²) in [5, 5.41) is 2.98. The Morgan fingerprint density at radius 2 is 2.10 bits per heavy atom. The maximum atomic E-state index is 12.0. The van der Waals surface area contributed by atoms with Gasteiger partial charge in [0.2, 0.25) is 5.91 Å². The highest BCUT2D eigenvalue weighted by Crippen LogP contribution is 2.15. The number of nitrogens with two attached hydrogens (primary N) is 1. The molecule has 3 N–H and O–H groups in total. The van der Waals surface area contributed by atoms with Crippen LogP contribution in [0.2, 0.25) is 0 Å². The molecular formula is C14H21N3O3. The van der Waals surface area contributed by atoms with Crippen LogP contribution in [0.4, 0.5) is 0 Å². The van der Waals surface area contributed by atoms with Crippen molar-refractivity contribution in [3.05, 3.63) is 23.7 Å². The monoisotopic (exact) mass is 279 g/mol. The average molecular weight is 279 g/mol. The Bertz CT molecular complexity index is 490. The maximum Gasteiger partial charge on any atom is 0.287 e. The second kappa shape index (κ2) is 6.09. The van der Waals surface area contributed by atoms with Gasteiger partial charge >= 0.3 is 0 Å². The number of hydrogen-bond acceptors (Lipinski definition) is 4. The Balaban J connectivity index is 1.84. The van der Waals surface area contributed by atoms with E-state index in [0.29, 0.717) is 5.76 Å². The highest BCUT2D eigenvalue weighted by atomic mass is 16.3. The molecule has 2 rings (SSSR count). The van der Waals surface area contributed by atoms with Crippen LogP contribution >= 0.6 is 0 Å². The molecule has 0 bridgehead atoms. The molecule has 1 aromatic heterocycles. The van der Waals surface area contributed by atoms with Gasteiger partial charge in [-0.3, -0.25) is 14.5 Å². The second-order valence-corrected chi connectivity index (χ2v) is 5.29. The molecule has 0 aliphatic carbocycles. The summed E-state index contributed by atoms with van der Waals surface area (Å²) < 4.78 is 5.17. The Kier molecular flexibility index (Phi) is 4.44. The van der Waals surface area contributed by atoms with Crippen molar-refractivity contribution in [1.82, 2.24) is 10.2 Å². The second-order valence-electron chi connectivity index (χ2n) is 5.29. The molecule has 0 spiro atoms. The molecule has 1 fully saturated rings. The van der Waals surface area contributed by atoms with Gasteiger partial charge in [0.25, 0.3) is 5.91 Å². The summed E-state index contributed by atoms with van der Waals surface area (Å²) >= 11 is 0. The topological polar surface area (TPSA) is 88.6 Å². The van der Waals surface area contributed by atoms with Crippen molar-refractivity contribution in [3.8, 4) is 0 Å². The van der Waals surface area contributed by atoms with Gasteiger partial charge in [0.05, 0.1) is 12.3 Å². The van der Waals surface area contributed by atoms with Gasteiger partial charge in [0, 0.05) is 24.7 Å². The third kappa shape index (κ3) is 3.19. The third-order valence-corrected chi connectivity index (χ3v) is 3.89. The minimum absolute atomic E-state index is 0.114. The lowest BCUT2D eigenvalue weighted by molar-refractivity contribution is -0.123. The first kappa shape index (κ1) is 14.6. The number of nitrogens with one attached hydrogen (secondary N) is 1. The molecule has 2 heterocycles. The molecular weight excluding hydrogens is 258 g/mol. The fourth-order valence-corrected chi connectivity index (χ4v) is 2.47. The molecule has 1 atom stereocenters. The molecule has 0 unspecified atom stereocenters. The minimum Gasteiger partial charge on any atom is -0.459 e. The van der Waals surface area contributed by atoms with E-state index in [0.717, 1.165) is 31.5 Å². The van der Waals surface area contributed by atoms with Crippen LogP contribution in [0.25, 0.3) is 0 Å². The lowest BCUT2D eigenvalue weighted by Gasteiger charge is -2.34. The summed E-state index contributed by atoms with van der Waals surface area (Å²) in [5.41, 5.74) is 6.14. The summed E-state index contributed by atoms with van der Waals surface area (Å²) in [4.78, 5) is 25.2. The Morgan fingerprint density at radius 3 is 2.60 bits per heavy atom. The zero-order valence-corrected chi connectivity index (χ0v) is 11.9. The standard InChI is InChI=1S/C14H21N3O3/c1-9-5-8-20-12(9)14(19)16-11-3-6-17(7-4-11)10(2)13(15)18/h5,8,10-11H,3-4,6-7H2,1-2H3,(H2,15,18)(H,16,19)/t10-/m1/s1. The number of primary amides is 1. The summed E-state index contributed by atoms with van der Waals surface area (Å²) in [5.74, 6) is -0.106. The number of aryl methyl sites for hydroxylation is 1. The number of amides is 2. The van der Waals surface area contributed by atoms with Gasteiger partial charge in [-0.1, -0.05) is 0 Å². The summed E-state index contributed by atoms with van der Waals surface area (Å²) in [7, 11) is 0. The highest BCUT2D eigenvalue weighted by molar-refractivity contribution is 5.93. The van der Waals surface area contributed by atoms with Gasteiger partial charge in [0.1, 0.15) is 0 Å². The van der Waals surface area contributed by atoms with Crippen molar-refractivity contribution in [2.75, 3.05) is 13.1 Å². The number of rotatable bonds is 4. The fraction of sp³-hybridized carbons (Fsp3) is 0.571. The van der Waals surface area contributed by atoms with E-state index in [1.165, 1.54) is 6.26 Å². The predicted molar refractivity (Wildman–Crippen MR) is 74.2 cm³/mol. The molecule has 110 valence electrons. The van der Waals surface area contributed by atoms with E-state index in [9.17, 15) is 9.59 Å². The number of piperidine rings is 1. The van der Waals surface area contributed by atoms with E-state index in [1.54, 1.807) is 6.07 Å². The molecule has 2 amide bonds. The molecule has 1 saturated heterocycles. The van der Waals surface area contributed by atoms with Crippen molar-refractivity contribution < 1.29 is 14.0 Å². The Labute approximate surface area is 118 Å². The van der Waals surface area contributed by atoms with E-state index >= 15 is 0 Å². The first-order chi connectivity index (χ1) is 9.49. The summed E-state index contributed by atoms with van der Waals surface area (Å²) in [6.45, 7) is 5.17. The van der Waals surface area contributed by atoms with Gasteiger partial charge in [-0.2, -0.15) is 0 Å². The van der Waals surface area contributed by atoms with E-state index in [2.05, 4.69) is 5.32 Å². The largest absolute Gasteiger partial charge is 0.459 e. The summed E-state index contributed by atoms with van der Waals surface area (Å²) in [6.07, 6.45) is 3.13. The smallest absolute Gasteiger partial charge is 0.287 e. The molecule has 6 nitrogen and oxygen atoms in total. The highest BCUT2D eigenvalue weighted by Gasteiger charge is 2.26. The Hall–Kier alpha value is -1.82. The zero-order valence-electron chi connectivity index (χ0n) is 11.9. The number of carbonyl (C=O) groups excluding carboxylic acids is 2. The molecule has 0 radical (unpaired) electrons. The van der Waals surface area contributed by atoms with Crippen LogP contribution in [0, 0.1) is 6.92 Å². The minimum atomic E-state index is -0.307. The molecule has 6 heteroatoms. The first-order valence-corrected chi connectivity index (χ1v) is 6.87. The summed E-state index contributed by atoms with van der Waals surface area (Å²) in [6, 6.07) is 1.63. The number of likely N-dealkylation sites (tertiary alicyclic amines) is 1.